The van der Waals surface area contributed by atoms with Gasteiger partial charge in [0.1, 0.15) is 5.75 Å². The van der Waals surface area contributed by atoms with Gasteiger partial charge in [-0.2, -0.15) is 0 Å². The number of hydrogen-bond donors (Lipinski definition) is 0. The number of benzene rings is 1. The number of hydrogen-bond acceptors (Lipinski definition) is 1. The van der Waals surface area contributed by atoms with Crippen LogP contribution in [0.15, 0.2) is 18.2 Å². The summed E-state index contributed by atoms with van der Waals surface area (Å²) in [7, 11) is 1.72. The predicted molar refractivity (Wildman–Crippen MR) is 66.7 cm³/mol. The Bertz CT molecular complexity index is 362. The molecule has 0 amide bonds. The number of ether oxygens (including phenoxy) is 1. The van der Waals surface area contributed by atoms with Gasteiger partial charge in [0.15, 0.2) is 0 Å². The minimum absolute atomic E-state index is 0.464. The van der Waals surface area contributed by atoms with E-state index in [2.05, 4.69) is 48.0 Å². The first-order valence-corrected chi connectivity index (χ1v) is 6.36. The third-order valence-corrected chi connectivity index (χ3v) is 4.88. The van der Waals surface area contributed by atoms with Crippen LogP contribution in [0.3, 0.4) is 0 Å². The average molecular weight is 269 g/mol. The lowest BCUT2D eigenvalue weighted by Gasteiger charge is -2.33. The summed E-state index contributed by atoms with van der Waals surface area (Å²) in [6, 6.07) is 6.42. The van der Waals surface area contributed by atoms with Crippen molar-refractivity contribution in [3.05, 3.63) is 29.3 Å². The molecule has 1 aliphatic rings. The third-order valence-electron chi connectivity index (χ3n) is 3.55. The number of methoxy groups -OCH3 is 1. The van der Waals surface area contributed by atoms with Crippen molar-refractivity contribution in [2.24, 2.45) is 11.8 Å². The van der Waals surface area contributed by atoms with Crippen molar-refractivity contribution in [2.45, 2.75) is 25.1 Å². The summed E-state index contributed by atoms with van der Waals surface area (Å²) in [5.41, 5.74) is 2.86. The molecule has 0 fully saturated rings. The van der Waals surface area contributed by atoms with E-state index in [1.165, 1.54) is 17.5 Å². The Labute approximate surface area is 100.0 Å². The van der Waals surface area contributed by atoms with Gasteiger partial charge in [0.25, 0.3) is 0 Å². The lowest BCUT2D eigenvalue weighted by Crippen LogP contribution is -2.22. The molecule has 2 rings (SSSR count). The first-order chi connectivity index (χ1) is 7.13. The molecule has 1 aromatic rings. The van der Waals surface area contributed by atoms with Gasteiger partial charge < -0.3 is 4.74 Å². The summed E-state index contributed by atoms with van der Waals surface area (Å²) in [5, 5.41) is 0. The minimum atomic E-state index is 0.464. The van der Waals surface area contributed by atoms with Crippen LogP contribution in [-0.2, 0) is 6.42 Å². The van der Waals surface area contributed by atoms with Crippen molar-refractivity contribution in [3.63, 3.8) is 0 Å². The maximum Gasteiger partial charge on any atom is 0.119 e. The zero-order valence-electron chi connectivity index (χ0n) is 9.46. The Hall–Kier alpha value is -0.500. The molecule has 0 heterocycles. The van der Waals surface area contributed by atoms with Crippen LogP contribution in [0.2, 0.25) is 0 Å². The summed E-state index contributed by atoms with van der Waals surface area (Å²) in [4.78, 5) is 0.464. The van der Waals surface area contributed by atoms with Crippen LogP contribution in [-0.4, -0.2) is 7.11 Å². The highest BCUT2D eigenvalue weighted by molar-refractivity contribution is 9.09. The molecule has 15 heavy (non-hydrogen) atoms. The topological polar surface area (TPSA) is 9.23 Å². The Kier molecular flexibility index (Phi) is 3.06. The lowest BCUT2D eigenvalue weighted by atomic mass is 9.78. The summed E-state index contributed by atoms with van der Waals surface area (Å²) >= 11 is 3.80. The lowest BCUT2D eigenvalue weighted by molar-refractivity contribution is 0.356. The van der Waals surface area contributed by atoms with E-state index in [-0.39, 0.29) is 0 Å². The second-order valence-corrected chi connectivity index (χ2v) is 5.49. The minimum Gasteiger partial charge on any atom is -0.497 e. The fourth-order valence-corrected chi connectivity index (χ4v) is 3.19. The standard InChI is InChI=1S/C13H17BrO/c1-8-6-10-4-5-11(15-3)7-12(10)13(14)9(8)2/h4-5,7-9,13H,6H2,1-3H3. The van der Waals surface area contributed by atoms with Gasteiger partial charge in [0.05, 0.1) is 7.11 Å². The van der Waals surface area contributed by atoms with Crippen LogP contribution in [0.5, 0.6) is 5.75 Å². The molecule has 3 atom stereocenters. The van der Waals surface area contributed by atoms with E-state index in [1.807, 2.05) is 0 Å². The first-order valence-electron chi connectivity index (χ1n) is 5.44. The molecule has 0 saturated carbocycles. The molecule has 3 unspecified atom stereocenters. The van der Waals surface area contributed by atoms with E-state index in [0.717, 1.165) is 11.7 Å². The molecule has 82 valence electrons. The van der Waals surface area contributed by atoms with Gasteiger partial charge in [-0.1, -0.05) is 35.8 Å². The fraction of sp³-hybridized carbons (Fsp3) is 0.538. The van der Waals surface area contributed by atoms with Crippen molar-refractivity contribution in [2.75, 3.05) is 7.11 Å². The maximum atomic E-state index is 5.27. The molecule has 2 heteroatoms. The second-order valence-electron chi connectivity index (χ2n) is 4.51. The van der Waals surface area contributed by atoms with Crippen molar-refractivity contribution in [3.8, 4) is 5.75 Å². The highest BCUT2D eigenvalue weighted by Crippen LogP contribution is 2.44. The van der Waals surface area contributed by atoms with E-state index < -0.39 is 0 Å². The third kappa shape index (κ3) is 1.92. The van der Waals surface area contributed by atoms with Gasteiger partial charge in [0.2, 0.25) is 0 Å². The van der Waals surface area contributed by atoms with Gasteiger partial charge in [0, 0.05) is 4.83 Å². The summed E-state index contributed by atoms with van der Waals surface area (Å²) in [6.07, 6.45) is 1.18. The normalized spacial score (nSPS) is 29.7. The average Bonchev–Trinajstić information content (AvgIpc) is 2.26. The van der Waals surface area contributed by atoms with Crippen LogP contribution in [0.4, 0.5) is 0 Å². The monoisotopic (exact) mass is 268 g/mol. The zero-order chi connectivity index (χ0) is 11.0. The quantitative estimate of drug-likeness (QED) is 0.701. The number of fused-ring (bicyclic) bond motifs is 1. The van der Waals surface area contributed by atoms with E-state index in [4.69, 9.17) is 4.74 Å². The van der Waals surface area contributed by atoms with Gasteiger partial charge in [-0.25, -0.2) is 0 Å². The summed E-state index contributed by atoms with van der Waals surface area (Å²) in [6.45, 7) is 4.64. The van der Waals surface area contributed by atoms with Crippen LogP contribution >= 0.6 is 15.9 Å². The number of rotatable bonds is 1. The molecular weight excluding hydrogens is 252 g/mol. The number of halogens is 1. The van der Waals surface area contributed by atoms with E-state index in [1.54, 1.807) is 7.11 Å². The van der Waals surface area contributed by atoms with Crippen molar-refractivity contribution in [1.82, 2.24) is 0 Å². The Morgan fingerprint density at radius 2 is 2.07 bits per heavy atom. The summed E-state index contributed by atoms with van der Waals surface area (Å²) < 4.78 is 5.27. The van der Waals surface area contributed by atoms with E-state index in [9.17, 15) is 0 Å². The molecule has 1 nitrogen and oxygen atoms in total. The molecule has 0 aromatic heterocycles. The van der Waals surface area contributed by atoms with Gasteiger partial charge in [-0.3, -0.25) is 0 Å². The molecule has 0 bridgehead atoms. The van der Waals surface area contributed by atoms with E-state index in [0.29, 0.717) is 10.7 Å². The van der Waals surface area contributed by atoms with Crippen LogP contribution in [0.25, 0.3) is 0 Å². The van der Waals surface area contributed by atoms with Gasteiger partial charge in [-0.15, -0.1) is 0 Å². The molecule has 0 N–H and O–H groups in total. The Balaban J connectivity index is 2.42. The van der Waals surface area contributed by atoms with Gasteiger partial charge in [-0.05, 0) is 41.5 Å². The van der Waals surface area contributed by atoms with Crippen LogP contribution in [0, 0.1) is 11.8 Å². The number of alkyl halides is 1. The second kappa shape index (κ2) is 4.17. The molecule has 1 aromatic carbocycles. The van der Waals surface area contributed by atoms with Crippen molar-refractivity contribution >= 4 is 15.9 Å². The van der Waals surface area contributed by atoms with Crippen LogP contribution < -0.4 is 4.74 Å². The highest BCUT2D eigenvalue weighted by Gasteiger charge is 2.29. The molecule has 1 aliphatic carbocycles. The van der Waals surface area contributed by atoms with Crippen molar-refractivity contribution < 1.29 is 4.74 Å². The fourth-order valence-electron chi connectivity index (χ4n) is 2.25. The molecule has 0 saturated heterocycles. The highest BCUT2D eigenvalue weighted by atomic mass is 79.9. The maximum absolute atomic E-state index is 5.27. The summed E-state index contributed by atoms with van der Waals surface area (Å²) in [5.74, 6) is 2.39. The van der Waals surface area contributed by atoms with Gasteiger partial charge >= 0.3 is 0 Å². The SMILES string of the molecule is COc1ccc2c(c1)C(Br)C(C)C(C)C2. The molecule has 0 spiro atoms. The predicted octanol–water partition coefficient (Wildman–Crippen LogP) is 3.96. The molecule has 0 aliphatic heterocycles. The largest absolute Gasteiger partial charge is 0.497 e. The van der Waals surface area contributed by atoms with Crippen molar-refractivity contribution in [1.29, 1.82) is 0 Å². The first kappa shape index (κ1) is 11.0. The van der Waals surface area contributed by atoms with E-state index >= 15 is 0 Å². The smallest absolute Gasteiger partial charge is 0.119 e. The Morgan fingerprint density at radius 1 is 1.33 bits per heavy atom. The molecular formula is C13H17BrO. The van der Waals surface area contributed by atoms with Crippen LogP contribution in [0.1, 0.15) is 29.8 Å². The Morgan fingerprint density at radius 3 is 2.73 bits per heavy atom. The molecule has 0 radical (unpaired) electrons. The zero-order valence-corrected chi connectivity index (χ0v) is 11.0.